The maximum atomic E-state index is 11.9. The molecule has 1 aromatic rings. The van der Waals surface area contributed by atoms with Gasteiger partial charge in [-0.2, -0.15) is 0 Å². The van der Waals surface area contributed by atoms with Crippen LogP contribution in [0, 0.1) is 0 Å². The van der Waals surface area contributed by atoms with Gasteiger partial charge in [-0.3, -0.25) is 14.9 Å². The number of hydrogen-bond acceptors (Lipinski definition) is 6. The number of anilines is 1. The summed E-state index contributed by atoms with van der Waals surface area (Å²) in [5.41, 5.74) is 0.168. The number of carbonyl (C=O) groups excluding carboxylic acids is 3. The van der Waals surface area contributed by atoms with E-state index in [9.17, 15) is 14.4 Å². The highest BCUT2D eigenvalue weighted by molar-refractivity contribution is 5.99. The van der Waals surface area contributed by atoms with Gasteiger partial charge in [0, 0.05) is 5.69 Å². The molecular weight excluding hydrogens is 302 g/mol. The maximum absolute atomic E-state index is 11.9. The van der Waals surface area contributed by atoms with Crippen molar-refractivity contribution >= 4 is 23.7 Å². The fourth-order valence-corrected chi connectivity index (χ4v) is 2.20. The second-order valence-corrected chi connectivity index (χ2v) is 6.13. The van der Waals surface area contributed by atoms with Crippen molar-refractivity contribution in [2.24, 2.45) is 0 Å². The van der Waals surface area contributed by atoms with Crippen LogP contribution in [-0.4, -0.2) is 30.7 Å². The van der Waals surface area contributed by atoms with Crippen molar-refractivity contribution in [1.82, 2.24) is 0 Å². The van der Waals surface area contributed by atoms with E-state index in [4.69, 9.17) is 9.47 Å². The third-order valence-electron chi connectivity index (χ3n) is 3.14. The van der Waals surface area contributed by atoms with Crippen LogP contribution >= 0.6 is 0 Å². The molecule has 1 amide bonds. The number of esters is 2. The van der Waals surface area contributed by atoms with Crippen LogP contribution in [-0.2, 0) is 19.1 Å². The van der Waals surface area contributed by atoms with E-state index in [0.717, 1.165) is 0 Å². The Balaban J connectivity index is 2.30. The number of rotatable bonds is 3. The van der Waals surface area contributed by atoms with Gasteiger partial charge in [0.15, 0.2) is 0 Å². The topological polar surface area (TPSA) is 90.9 Å². The highest BCUT2D eigenvalue weighted by atomic mass is 16.6. The Morgan fingerprint density at radius 2 is 2.00 bits per heavy atom. The molecule has 1 saturated heterocycles. The number of hydrogen-bond donors (Lipinski definition) is 1. The molecule has 0 saturated carbocycles. The second-order valence-electron chi connectivity index (χ2n) is 6.13. The van der Waals surface area contributed by atoms with Gasteiger partial charge in [-0.05, 0) is 44.5 Å². The fourth-order valence-electron chi connectivity index (χ4n) is 2.20. The SMILES string of the molecule is COc1ccc(NC(=O)OC(C)(C)C)c(C2CC(=O)OC2=O)c1. The molecule has 1 heterocycles. The molecule has 23 heavy (non-hydrogen) atoms. The summed E-state index contributed by atoms with van der Waals surface area (Å²) >= 11 is 0. The van der Waals surface area contributed by atoms with E-state index < -0.39 is 29.6 Å². The maximum Gasteiger partial charge on any atom is 0.412 e. The zero-order valence-electron chi connectivity index (χ0n) is 13.5. The molecule has 1 fully saturated rings. The lowest BCUT2D eigenvalue weighted by molar-refractivity contribution is -0.152. The van der Waals surface area contributed by atoms with Crippen molar-refractivity contribution in [3.63, 3.8) is 0 Å². The van der Waals surface area contributed by atoms with Crippen molar-refractivity contribution in [2.45, 2.75) is 38.7 Å². The molecule has 124 valence electrons. The molecular formula is C16H19NO6. The lowest BCUT2D eigenvalue weighted by Gasteiger charge is -2.21. The molecule has 1 aliphatic heterocycles. The highest BCUT2D eigenvalue weighted by Gasteiger charge is 2.36. The molecule has 0 aliphatic carbocycles. The number of benzene rings is 1. The molecule has 0 spiro atoms. The minimum absolute atomic E-state index is 0.0744. The molecule has 7 heteroatoms. The third kappa shape index (κ3) is 4.21. The van der Waals surface area contributed by atoms with Crippen molar-refractivity contribution < 1.29 is 28.6 Å². The summed E-state index contributed by atoms with van der Waals surface area (Å²) in [4.78, 5) is 35.1. The zero-order valence-corrected chi connectivity index (χ0v) is 13.5. The predicted molar refractivity (Wildman–Crippen MR) is 81.3 cm³/mol. The molecule has 1 aromatic carbocycles. The van der Waals surface area contributed by atoms with Crippen molar-refractivity contribution in [3.8, 4) is 5.75 Å². The quantitative estimate of drug-likeness (QED) is 0.679. The monoisotopic (exact) mass is 321 g/mol. The van der Waals surface area contributed by atoms with Gasteiger partial charge >= 0.3 is 18.0 Å². The number of methoxy groups -OCH3 is 1. The van der Waals surface area contributed by atoms with Crippen LogP contribution < -0.4 is 10.1 Å². The smallest absolute Gasteiger partial charge is 0.412 e. The van der Waals surface area contributed by atoms with Crippen molar-refractivity contribution in [2.75, 3.05) is 12.4 Å². The Labute approximate surface area is 133 Å². The first-order chi connectivity index (χ1) is 10.7. The number of cyclic esters (lactones) is 2. The standard InChI is InChI=1S/C16H19NO6/c1-16(2,3)23-15(20)17-12-6-5-9(21-4)7-10(12)11-8-13(18)22-14(11)19/h5-7,11H,8H2,1-4H3,(H,17,20). The Hall–Kier alpha value is -2.57. The molecule has 7 nitrogen and oxygen atoms in total. The van der Waals surface area contributed by atoms with Gasteiger partial charge in [-0.1, -0.05) is 0 Å². The van der Waals surface area contributed by atoms with Gasteiger partial charge in [-0.15, -0.1) is 0 Å². The first-order valence-electron chi connectivity index (χ1n) is 7.12. The number of carbonyl (C=O) groups is 3. The van der Waals surface area contributed by atoms with Crippen LogP contribution in [0.3, 0.4) is 0 Å². The molecule has 1 aliphatic rings. The summed E-state index contributed by atoms with van der Waals surface area (Å²) < 4.78 is 14.9. The zero-order chi connectivity index (χ0) is 17.2. The first-order valence-corrected chi connectivity index (χ1v) is 7.12. The molecule has 1 atom stereocenters. The summed E-state index contributed by atoms with van der Waals surface area (Å²) in [6.07, 6.45) is -0.726. The summed E-state index contributed by atoms with van der Waals surface area (Å²) in [5, 5.41) is 2.59. The summed E-state index contributed by atoms with van der Waals surface area (Å²) in [7, 11) is 1.48. The van der Waals surface area contributed by atoms with E-state index in [1.807, 2.05) is 0 Å². The molecule has 2 rings (SSSR count). The number of ether oxygens (including phenoxy) is 3. The minimum Gasteiger partial charge on any atom is -0.497 e. The Morgan fingerprint density at radius 3 is 2.52 bits per heavy atom. The van der Waals surface area contributed by atoms with Crippen LogP contribution in [0.1, 0.15) is 38.7 Å². The molecule has 1 unspecified atom stereocenters. The molecule has 0 bridgehead atoms. The minimum atomic E-state index is -0.775. The van der Waals surface area contributed by atoms with Gasteiger partial charge in [0.2, 0.25) is 0 Å². The summed E-state index contributed by atoms with van der Waals surface area (Å²) in [5.74, 6) is -1.51. The Bertz CT molecular complexity index is 646. The van der Waals surface area contributed by atoms with Crippen LogP contribution in [0.2, 0.25) is 0 Å². The van der Waals surface area contributed by atoms with Crippen molar-refractivity contribution in [3.05, 3.63) is 23.8 Å². The molecule has 0 radical (unpaired) electrons. The molecule has 0 aromatic heterocycles. The number of nitrogens with one attached hydrogen (secondary N) is 1. The number of amides is 1. The van der Waals surface area contributed by atoms with Gasteiger partial charge in [0.1, 0.15) is 11.4 Å². The van der Waals surface area contributed by atoms with Crippen LogP contribution in [0.5, 0.6) is 5.75 Å². The van der Waals surface area contributed by atoms with Crippen LogP contribution in [0.4, 0.5) is 10.5 Å². The lowest BCUT2D eigenvalue weighted by atomic mass is 9.95. The van der Waals surface area contributed by atoms with E-state index >= 15 is 0 Å². The van der Waals surface area contributed by atoms with Gasteiger partial charge in [0.05, 0.1) is 19.4 Å². The van der Waals surface area contributed by atoms with Crippen LogP contribution in [0.15, 0.2) is 18.2 Å². The predicted octanol–water partition coefficient (Wildman–Crippen LogP) is 2.60. The first kappa shape index (κ1) is 16.8. The normalized spacial score (nSPS) is 17.7. The molecule has 1 N–H and O–H groups in total. The van der Waals surface area contributed by atoms with E-state index in [0.29, 0.717) is 17.0 Å². The van der Waals surface area contributed by atoms with E-state index in [-0.39, 0.29) is 6.42 Å². The average Bonchev–Trinajstić information content (AvgIpc) is 2.76. The Kier molecular flexibility index (Phi) is 4.58. The lowest BCUT2D eigenvalue weighted by Crippen LogP contribution is -2.27. The average molecular weight is 321 g/mol. The largest absolute Gasteiger partial charge is 0.497 e. The Morgan fingerprint density at radius 1 is 1.30 bits per heavy atom. The fraction of sp³-hybridized carbons (Fsp3) is 0.438. The van der Waals surface area contributed by atoms with E-state index in [2.05, 4.69) is 10.1 Å². The highest BCUT2D eigenvalue weighted by Crippen LogP contribution is 2.35. The van der Waals surface area contributed by atoms with Crippen LogP contribution in [0.25, 0.3) is 0 Å². The van der Waals surface area contributed by atoms with E-state index in [1.165, 1.54) is 7.11 Å². The van der Waals surface area contributed by atoms with Gasteiger partial charge < -0.3 is 14.2 Å². The third-order valence-corrected chi connectivity index (χ3v) is 3.14. The summed E-state index contributed by atoms with van der Waals surface area (Å²) in [6.45, 7) is 5.23. The van der Waals surface area contributed by atoms with Gasteiger partial charge in [-0.25, -0.2) is 4.79 Å². The summed E-state index contributed by atoms with van der Waals surface area (Å²) in [6, 6.07) is 4.82. The van der Waals surface area contributed by atoms with E-state index in [1.54, 1.807) is 39.0 Å². The second kappa shape index (κ2) is 6.28. The van der Waals surface area contributed by atoms with Crippen molar-refractivity contribution in [1.29, 1.82) is 0 Å². The van der Waals surface area contributed by atoms with Gasteiger partial charge in [0.25, 0.3) is 0 Å².